The van der Waals surface area contributed by atoms with Crippen LogP contribution in [0.3, 0.4) is 0 Å². The van der Waals surface area contributed by atoms with Gasteiger partial charge < -0.3 is 5.32 Å². The Kier molecular flexibility index (Phi) is 5.87. The number of nitrogens with one attached hydrogen (secondary N) is 1. The van der Waals surface area contributed by atoms with E-state index in [9.17, 15) is 10.1 Å². The molecule has 0 saturated carbocycles. The van der Waals surface area contributed by atoms with Crippen molar-refractivity contribution in [2.24, 2.45) is 0 Å². The largest absolute Gasteiger partial charge is 0.351 e. The van der Waals surface area contributed by atoms with Crippen molar-refractivity contribution in [2.45, 2.75) is 31.3 Å². The van der Waals surface area contributed by atoms with Crippen LogP contribution < -0.4 is 5.32 Å². The predicted molar refractivity (Wildman–Crippen MR) is 98.0 cm³/mol. The van der Waals surface area contributed by atoms with Crippen LogP contribution in [0.15, 0.2) is 41.4 Å². The number of nitriles is 1. The first-order valence-corrected chi connectivity index (χ1v) is 8.76. The van der Waals surface area contributed by atoms with Crippen molar-refractivity contribution >= 4 is 29.3 Å². The van der Waals surface area contributed by atoms with E-state index in [4.69, 9.17) is 11.6 Å². The van der Waals surface area contributed by atoms with Crippen molar-refractivity contribution < 1.29 is 4.79 Å². The molecule has 0 aliphatic rings. The molecule has 4 nitrogen and oxygen atoms in total. The number of carbonyl (C=O) groups excluding carboxylic acids is 1. The molecule has 0 bridgehead atoms. The average molecular weight is 360 g/mol. The van der Waals surface area contributed by atoms with Gasteiger partial charge in [-0.25, -0.2) is 4.98 Å². The number of aromatic nitrogens is 1. The van der Waals surface area contributed by atoms with E-state index in [1.165, 1.54) is 11.8 Å². The molecule has 1 aromatic heterocycles. The molecule has 1 N–H and O–H groups in total. The first-order chi connectivity index (χ1) is 11.3. The third-order valence-corrected chi connectivity index (χ3v) is 4.22. The minimum Gasteiger partial charge on any atom is -0.351 e. The summed E-state index contributed by atoms with van der Waals surface area (Å²) in [4.78, 5) is 16.5. The SMILES string of the molecule is CC(C)(C)NC(=O)CSc1nc(-c2ccc(Cl)cc2)ccc1C#N. The Morgan fingerprint density at radius 1 is 1.25 bits per heavy atom. The van der Waals surface area contributed by atoms with Crippen LogP contribution in [0.1, 0.15) is 26.3 Å². The lowest BCUT2D eigenvalue weighted by molar-refractivity contribution is -0.119. The van der Waals surface area contributed by atoms with Crippen LogP contribution in [0.4, 0.5) is 0 Å². The zero-order valence-electron chi connectivity index (χ0n) is 13.8. The normalized spacial score (nSPS) is 11.0. The molecule has 24 heavy (non-hydrogen) atoms. The van der Waals surface area contributed by atoms with E-state index >= 15 is 0 Å². The molecule has 1 heterocycles. The van der Waals surface area contributed by atoms with Gasteiger partial charge in [-0.15, -0.1) is 0 Å². The molecule has 6 heteroatoms. The van der Waals surface area contributed by atoms with E-state index in [-0.39, 0.29) is 17.2 Å². The van der Waals surface area contributed by atoms with Gasteiger partial charge in [-0.2, -0.15) is 5.26 Å². The molecule has 0 fully saturated rings. The molecule has 124 valence electrons. The number of hydrogen-bond donors (Lipinski definition) is 1. The smallest absolute Gasteiger partial charge is 0.230 e. The Bertz CT molecular complexity index is 776. The van der Waals surface area contributed by atoms with Gasteiger partial charge in [0.15, 0.2) is 0 Å². The lowest BCUT2D eigenvalue weighted by Gasteiger charge is -2.20. The third-order valence-electron chi connectivity index (χ3n) is 2.98. The summed E-state index contributed by atoms with van der Waals surface area (Å²) in [5, 5.41) is 13.3. The number of carbonyl (C=O) groups is 1. The second-order valence-corrected chi connectivity index (χ2v) is 7.66. The molecule has 1 aromatic carbocycles. The van der Waals surface area contributed by atoms with Gasteiger partial charge in [-0.05, 0) is 45.0 Å². The summed E-state index contributed by atoms with van der Waals surface area (Å²) in [6.07, 6.45) is 0. The molecular formula is C18H18ClN3OS. The van der Waals surface area contributed by atoms with Gasteiger partial charge >= 0.3 is 0 Å². The highest BCUT2D eigenvalue weighted by atomic mass is 35.5. The predicted octanol–water partition coefficient (Wildman–Crippen LogP) is 4.28. The van der Waals surface area contributed by atoms with E-state index < -0.39 is 0 Å². The number of thioether (sulfide) groups is 1. The highest BCUT2D eigenvalue weighted by Crippen LogP contribution is 2.26. The monoisotopic (exact) mass is 359 g/mol. The van der Waals surface area contributed by atoms with Gasteiger partial charge in [0.2, 0.25) is 5.91 Å². The van der Waals surface area contributed by atoms with E-state index in [0.717, 1.165) is 11.3 Å². The molecule has 0 atom stereocenters. The zero-order valence-corrected chi connectivity index (χ0v) is 15.3. The van der Waals surface area contributed by atoms with Gasteiger partial charge in [0.05, 0.1) is 17.0 Å². The second-order valence-electron chi connectivity index (χ2n) is 6.25. The molecule has 0 saturated heterocycles. The van der Waals surface area contributed by atoms with Crippen LogP contribution in [-0.4, -0.2) is 22.2 Å². The number of nitrogens with zero attached hydrogens (tertiary/aromatic N) is 2. The molecule has 2 aromatic rings. The quantitative estimate of drug-likeness (QED) is 0.827. The number of rotatable bonds is 4. The lowest BCUT2D eigenvalue weighted by atomic mass is 10.1. The maximum atomic E-state index is 12.0. The van der Waals surface area contributed by atoms with Gasteiger partial charge in [-0.3, -0.25) is 4.79 Å². The molecule has 2 rings (SSSR count). The molecule has 0 aliphatic heterocycles. The summed E-state index contributed by atoms with van der Waals surface area (Å²) in [7, 11) is 0. The first-order valence-electron chi connectivity index (χ1n) is 7.39. The lowest BCUT2D eigenvalue weighted by Crippen LogP contribution is -2.41. The van der Waals surface area contributed by atoms with Crippen molar-refractivity contribution in [1.82, 2.24) is 10.3 Å². The summed E-state index contributed by atoms with van der Waals surface area (Å²) in [6.45, 7) is 5.78. The number of benzene rings is 1. The fraction of sp³-hybridized carbons (Fsp3) is 0.278. The maximum absolute atomic E-state index is 12.0. The Labute approximate surface area is 151 Å². The van der Waals surface area contributed by atoms with E-state index in [2.05, 4.69) is 16.4 Å². The number of hydrogen-bond acceptors (Lipinski definition) is 4. The van der Waals surface area contributed by atoms with Gasteiger partial charge in [0, 0.05) is 16.1 Å². The summed E-state index contributed by atoms with van der Waals surface area (Å²) in [5.41, 5.74) is 1.82. The van der Waals surface area contributed by atoms with Crippen molar-refractivity contribution in [1.29, 1.82) is 5.26 Å². The molecule has 0 aliphatic carbocycles. The van der Waals surface area contributed by atoms with Crippen LogP contribution in [-0.2, 0) is 4.79 Å². The molecule has 1 amide bonds. The fourth-order valence-electron chi connectivity index (χ4n) is 2.01. The Morgan fingerprint density at radius 3 is 2.50 bits per heavy atom. The van der Waals surface area contributed by atoms with E-state index in [0.29, 0.717) is 15.6 Å². The Balaban J connectivity index is 2.19. The van der Waals surface area contributed by atoms with Gasteiger partial charge in [0.25, 0.3) is 0 Å². The van der Waals surface area contributed by atoms with E-state index in [1.54, 1.807) is 24.3 Å². The Morgan fingerprint density at radius 2 is 1.92 bits per heavy atom. The second kappa shape index (κ2) is 7.69. The van der Waals surface area contributed by atoms with E-state index in [1.807, 2.05) is 32.9 Å². The molecule has 0 spiro atoms. The summed E-state index contributed by atoms with van der Waals surface area (Å²) >= 11 is 7.16. The minimum atomic E-state index is -0.283. The number of pyridine rings is 1. The van der Waals surface area contributed by atoms with Crippen molar-refractivity contribution in [3.05, 3.63) is 47.0 Å². The Hall–Kier alpha value is -2.03. The highest BCUT2D eigenvalue weighted by molar-refractivity contribution is 8.00. The average Bonchev–Trinajstić information content (AvgIpc) is 2.52. The van der Waals surface area contributed by atoms with Crippen molar-refractivity contribution in [3.8, 4) is 17.3 Å². The van der Waals surface area contributed by atoms with Gasteiger partial charge in [-0.1, -0.05) is 35.5 Å². The van der Waals surface area contributed by atoms with Crippen LogP contribution in [0.2, 0.25) is 5.02 Å². The first kappa shape index (κ1) is 18.3. The topological polar surface area (TPSA) is 65.8 Å². The molecular weight excluding hydrogens is 342 g/mol. The maximum Gasteiger partial charge on any atom is 0.230 e. The van der Waals surface area contributed by atoms with Crippen LogP contribution >= 0.6 is 23.4 Å². The minimum absolute atomic E-state index is 0.0879. The number of amides is 1. The van der Waals surface area contributed by atoms with Crippen LogP contribution in [0.25, 0.3) is 11.3 Å². The van der Waals surface area contributed by atoms with Crippen LogP contribution in [0.5, 0.6) is 0 Å². The standard InChI is InChI=1S/C18H18ClN3OS/c1-18(2,3)22-16(23)11-24-17-13(10-20)6-9-15(21-17)12-4-7-14(19)8-5-12/h4-9H,11H2,1-3H3,(H,22,23). The number of halogens is 1. The van der Waals surface area contributed by atoms with Crippen molar-refractivity contribution in [3.63, 3.8) is 0 Å². The van der Waals surface area contributed by atoms with Crippen molar-refractivity contribution in [2.75, 3.05) is 5.75 Å². The zero-order chi connectivity index (χ0) is 17.7. The third kappa shape index (κ3) is 5.26. The summed E-state index contributed by atoms with van der Waals surface area (Å²) in [6, 6.07) is 13.0. The summed E-state index contributed by atoms with van der Waals surface area (Å²) < 4.78 is 0. The molecule has 0 radical (unpaired) electrons. The molecule has 0 unspecified atom stereocenters. The van der Waals surface area contributed by atoms with Gasteiger partial charge in [0.1, 0.15) is 11.1 Å². The highest BCUT2D eigenvalue weighted by Gasteiger charge is 2.15. The fourth-order valence-corrected chi connectivity index (χ4v) is 2.90. The summed E-state index contributed by atoms with van der Waals surface area (Å²) in [5.74, 6) is 0.123. The van der Waals surface area contributed by atoms with Crippen LogP contribution in [0, 0.1) is 11.3 Å².